The summed E-state index contributed by atoms with van der Waals surface area (Å²) in [7, 11) is 0. The molecule has 0 aromatic heterocycles. The number of benzene rings is 4. The Morgan fingerprint density at radius 1 is 0.545 bits per heavy atom. The van der Waals surface area contributed by atoms with E-state index in [2.05, 4.69) is 78.6 Å². The Labute approximate surface area is 134 Å². The average molecular weight is 340 g/mol. The fourth-order valence-electron chi connectivity index (χ4n) is 3.85. The van der Waals surface area contributed by atoms with Gasteiger partial charge in [-0.3, -0.25) is 0 Å². The molecule has 0 N–H and O–H groups in total. The Balaban J connectivity index is 2.03. The van der Waals surface area contributed by atoms with Crippen LogP contribution in [0, 0.1) is 0 Å². The van der Waals surface area contributed by atoms with Crippen molar-refractivity contribution >= 4 is 44.7 Å². The molecule has 0 aliphatic carbocycles. The Morgan fingerprint density at radius 2 is 1.00 bits per heavy atom. The van der Waals surface area contributed by atoms with Crippen LogP contribution < -0.4 is 8.79 Å². The normalized spacial score (nSPS) is 13.5. The van der Waals surface area contributed by atoms with E-state index in [9.17, 15) is 0 Å². The van der Waals surface area contributed by atoms with Crippen molar-refractivity contribution in [1.29, 1.82) is 0 Å². The maximum absolute atomic E-state index is 2.49. The molecule has 4 aromatic carbocycles. The predicted octanol–water partition coefficient (Wildman–Crippen LogP) is 4.21. The summed E-state index contributed by atoms with van der Waals surface area (Å²) in [5, 5.41) is 5.55. The van der Waals surface area contributed by atoms with Crippen LogP contribution >= 0.6 is 0 Å². The van der Waals surface area contributed by atoms with E-state index in [1.165, 1.54) is 32.7 Å². The first-order valence-electron chi connectivity index (χ1n) is 7.73. The van der Waals surface area contributed by atoms with E-state index in [1.807, 2.05) is 0 Å². The van der Waals surface area contributed by atoms with Crippen LogP contribution in [0.15, 0.2) is 72.8 Å². The van der Waals surface area contributed by atoms with E-state index in [-0.39, 0.29) is 0 Å². The van der Waals surface area contributed by atoms with Crippen LogP contribution in [0.2, 0.25) is 5.76 Å². The van der Waals surface area contributed by atoms with Crippen molar-refractivity contribution in [3.63, 3.8) is 0 Å². The van der Waals surface area contributed by atoms with Gasteiger partial charge in [0.25, 0.3) is 0 Å². The Morgan fingerprint density at radius 3 is 1.50 bits per heavy atom. The number of rotatable bonds is 0. The summed E-state index contributed by atoms with van der Waals surface area (Å²) in [5.74, 6) is 2.49. The quantitative estimate of drug-likeness (QED) is 0.421. The van der Waals surface area contributed by atoms with Gasteiger partial charge < -0.3 is 0 Å². The third kappa shape index (κ3) is 1.53. The Bertz CT molecular complexity index is 961. The third-order valence-electron chi connectivity index (χ3n) is 4.92. The number of fused-ring (bicyclic) bond motifs is 7. The molecule has 0 nitrogen and oxygen atoms in total. The molecule has 4 aromatic rings. The molecule has 103 valence electrons. The Hall–Kier alpha value is -2.06. The fraction of sp³-hybridized carbons (Fsp3) is 0.0476. The molecule has 0 bridgehead atoms. The third-order valence-corrected chi connectivity index (χ3v) is 10.1. The van der Waals surface area contributed by atoms with Crippen LogP contribution in [0.3, 0.4) is 0 Å². The molecule has 0 unspecified atom stereocenters. The van der Waals surface area contributed by atoms with Gasteiger partial charge in [0, 0.05) is 0 Å². The second-order valence-corrected chi connectivity index (χ2v) is 10.9. The molecule has 0 spiro atoms. The van der Waals surface area contributed by atoms with Gasteiger partial charge in [0.15, 0.2) is 0 Å². The van der Waals surface area contributed by atoms with Crippen molar-refractivity contribution in [1.82, 2.24) is 0 Å². The molecule has 1 heteroatoms. The molecule has 1 radical (unpaired) electrons. The molecule has 0 atom stereocenters. The molecule has 1 aliphatic rings. The van der Waals surface area contributed by atoms with Crippen molar-refractivity contribution in [2.75, 3.05) is 0 Å². The number of hydrogen-bond acceptors (Lipinski definition) is 0. The zero-order valence-corrected chi connectivity index (χ0v) is 14.5. The molecule has 5 rings (SSSR count). The first-order valence-corrected chi connectivity index (χ1v) is 11.9. The van der Waals surface area contributed by atoms with Crippen LogP contribution in [0.4, 0.5) is 0 Å². The first-order chi connectivity index (χ1) is 10.8. The van der Waals surface area contributed by atoms with Crippen molar-refractivity contribution in [3.8, 4) is 11.1 Å². The van der Waals surface area contributed by atoms with Crippen LogP contribution in [-0.2, 0) is 0 Å². The monoisotopic (exact) mass is 341 g/mol. The first kappa shape index (κ1) is 12.5. The van der Waals surface area contributed by atoms with E-state index in [1.54, 1.807) is 8.79 Å². The van der Waals surface area contributed by atoms with E-state index in [0.29, 0.717) is 0 Å². The van der Waals surface area contributed by atoms with Gasteiger partial charge in [0.1, 0.15) is 0 Å². The summed E-state index contributed by atoms with van der Waals surface area (Å²) in [4.78, 5) is 0. The van der Waals surface area contributed by atoms with E-state index in [4.69, 9.17) is 0 Å². The van der Waals surface area contributed by atoms with Crippen LogP contribution in [0.25, 0.3) is 32.7 Å². The molecule has 1 heterocycles. The summed E-state index contributed by atoms with van der Waals surface area (Å²) in [5.41, 5.74) is 3.03. The summed E-state index contributed by atoms with van der Waals surface area (Å²) in [6, 6.07) is 27.0. The zero-order valence-electron chi connectivity index (χ0n) is 12.4. The minimum absolute atomic E-state index is 1.35. The summed E-state index contributed by atoms with van der Waals surface area (Å²) < 4.78 is 3.26. The van der Waals surface area contributed by atoms with Crippen molar-refractivity contribution in [2.45, 2.75) is 5.76 Å². The van der Waals surface area contributed by atoms with Gasteiger partial charge >= 0.3 is 134 Å². The molecule has 22 heavy (non-hydrogen) atoms. The molecule has 0 fully saturated rings. The van der Waals surface area contributed by atoms with Crippen molar-refractivity contribution in [2.24, 2.45) is 0 Å². The zero-order chi connectivity index (χ0) is 14.7. The van der Waals surface area contributed by atoms with Crippen LogP contribution in [-0.4, -0.2) is 14.3 Å². The van der Waals surface area contributed by atoms with Gasteiger partial charge in [-0.05, 0) is 0 Å². The standard InChI is InChI=1S/C21H15Ge/c1-22-18-12-10-14-6-2-4-8-16(14)20(18)21-17-9-5-3-7-15(17)11-13-19(21)22/h2-13H,1H3. The molecule has 0 saturated heterocycles. The van der Waals surface area contributed by atoms with Gasteiger partial charge in [-0.15, -0.1) is 0 Å². The molecule has 0 saturated carbocycles. The summed E-state index contributed by atoms with van der Waals surface area (Å²) >= 11 is -1.37. The summed E-state index contributed by atoms with van der Waals surface area (Å²) in [6.07, 6.45) is 0. The molecular formula is C21H15Ge. The topological polar surface area (TPSA) is 0 Å². The van der Waals surface area contributed by atoms with Crippen molar-refractivity contribution in [3.05, 3.63) is 72.8 Å². The molecule has 1 aliphatic heterocycles. The van der Waals surface area contributed by atoms with Gasteiger partial charge in [0.2, 0.25) is 0 Å². The van der Waals surface area contributed by atoms with Gasteiger partial charge in [-0.1, -0.05) is 0 Å². The van der Waals surface area contributed by atoms with Crippen LogP contribution in [0.5, 0.6) is 0 Å². The fourth-order valence-corrected chi connectivity index (χ4v) is 8.52. The minimum atomic E-state index is -1.37. The molecule has 0 amide bonds. The summed E-state index contributed by atoms with van der Waals surface area (Å²) in [6.45, 7) is 0. The Kier molecular flexibility index (Phi) is 2.54. The van der Waals surface area contributed by atoms with Gasteiger partial charge in [-0.2, -0.15) is 0 Å². The second kappa shape index (κ2) is 4.47. The average Bonchev–Trinajstić information content (AvgIpc) is 2.88. The van der Waals surface area contributed by atoms with Crippen LogP contribution in [0.1, 0.15) is 0 Å². The van der Waals surface area contributed by atoms with Gasteiger partial charge in [-0.25, -0.2) is 0 Å². The van der Waals surface area contributed by atoms with Gasteiger partial charge in [0.05, 0.1) is 0 Å². The van der Waals surface area contributed by atoms with E-state index >= 15 is 0 Å². The van der Waals surface area contributed by atoms with Crippen molar-refractivity contribution < 1.29 is 0 Å². The molecular weight excluding hydrogens is 325 g/mol. The van der Waals surface area contributed by atoms with E-state index in [0.717, 1.165) is 0 Å². The second-order valence-electron chi connectivity index (χ2n) is 6.04. The maximum atomic E-state index is 2.49. The SMILES string of the molecule is [CH3][Ge]1[c]2ccc3ccccc3c2-c2[c]1ccc1ccccc21. The van der Waals surface area contributed by atoms with E-state index < -0.39 is 14.3 Å². The number of hydrogen-bond donors (Lipinski definition) is 0. The predicted molar refractivity (Wildman–Crippen MR) is 97.8 cm³/mol.